The molecule has 1 rings (SSSR count). The van der Waals surface area contributed by atoms with Gasteiger partial charge in [0, 0.05) is 4.88 Å². The lowest BCUT2D eigenvalue weighted by Crippen LogP contribution is -2.47. The Morgan fingerprint density at radius 1 is 1.31 bits per heavy atom. The summed E-state index contributed by atoms with van der Waals surface area (Å²) in [5.74, 6) is -1.05. The van der Waals surface area contributed by atoms with Crippen molar-refractivity contribution in [2.24, 2.45) is 5.73 Å². The summed E-state index contributed by atoms with van der Waals surface area (Å²) in [6.45, 7) is 3.30. The molecule has 11 heteroatoms. The number of nitrogens with one attached hydrogen (secondary N) is 4. The van der Waals surface area contributed by atoms with E-state index in [1.807, 2.05) is 6.92 Å². The van der Waals surface area contributed by atoms with Gasteiger partial charge in [0.25, 0.3) is 0 Å². The largest absolute Gasteiger partial charge is 0.383 e. The van der Waals surface area contributed by atoms with Gasteiger partial charge in [0.05, 0.1) is 29.8 Å². The monoisotopic (exact) mass is 403 g/mol. The van der Waals surface area contributed by atoms with Crippen LogP contribution in [0.3, 0.4) is 0 Å². The van der Waals surface area contributed by atoms with E-state index in [0.717, 1.165) is 11.3 Å². The van der Waals surface area contributed by atoms with Crippen molar-refractivity contribution < 1.29 is 18.0 Å². The highest BCUT2D eigenvalue weighted by Gasteiger charge is 2.20. The van der Waals surface area contributed by atoms with Crippen LogP contribution in [0.15, 0.2) is 12.1 Å². The SMILES string of the molecule is CCCCS(=O)(=O)N[C@H](C)C(=O)NCC(=O)NCc1ccc(C(=N)N)s1. The molecule has 0 spiro atoms. The molecular weight excluding hydrogens is 378 g/mol. The Hall–Kier alpha value is -1.98. The van der Waals surface area contributed by atoms with E-state index in [2.05, 4.69) is 15.4 Å². The van der Waals surface area contributed by atoms with Crippen LogP contribution in [0.1, 0.15) is 36.4 Å². The van der Waals surface area contributed by atoms with E-state index in [9.17, 15) is 18.0 Å². The Balaban J connectivity index is 2.36. The van der Waals surface area contributed by atoms with Crippen molar-refractivity contribution in [1.29, 1.82) is 5.41 Å². The molecule has 0 aliphatic heterocycles. The van der Waals surface area contributed by atoms with Crippen LogP contribution >= 0.6 is 11.3 Å². The number of hydrogen-bond acceptors (Lipinski definition) is 6. The number of thiophene rings is 1. The molecule has 1 aromatic heterocycles. The van der Waals surface area contributed by atoms with Crippen LogP contribution in [-0.2, 0) is 26.2 Å². The molecule has 0 unspecified atom stereocenters. The van der Waals surface area contributed by atoms with Crippen molar-refractivity contribution >= 4 is 39.0 Å². The number of amides is 2. The maximum atomic E-state index is 11.9. The molecule has 0 radical (unpaired) electrons. The van der Waals surface area contributed by atoms with Crippen LogP contribution in [0.4, 0.5) is 0 Å². The van der Waals surface area contributed by atoms with Crippen molar-refractivity contribution in [3.05, 3.63) is 21.9 Å². The van der Waals surface area contributed by atoms with E-state index in [4.69, 9.17) is 11.1 Å². The average Bonchev–Trinajstić information content (AvgIpc) is 3.05. The predicted molar refractivity (Wildman–Crippen MR) is 101 cm³/mol. The lowest BCUT2D eigenvalue weighted by Gasteiger charge is -2.14. The summed E-state index contributed by atoms with van der Waals surface area (Å²) in [6, 6.07) is 2.50. The Bertz CT molecular complexity index is 745. The highest BCUT2D eigenvalue weighted by atomic mass is 32.2. The molecule has 0 fully saturated rings. The van der Waals surface area contributed by atoms with Gasteiger partial charge in [-0.05, 0) is 25.5 Å². The average molecular weight is 404 g/mol. The van der Waals surface area contributed by atoms with Gasteiger partial charge in [0.2, 0.25) is 21.8 Å². The van der Waals surface area contributed by atoms with Gasteiger partial charge in [-0.3, -0.25) is 15.0 Å². The van der Waals surface area contributed by atoms with Crippen molar-refractivity contribution in [2.75, 3.05) is 12.3 Å². The van der Waals surface area contributed by atoms with Crippen LogP contribution in [0.5, 0.6) is 0 Å². The van der Waals surface area contributed by atoms with Gasteiger partial charge in [-0.15, -0.1) is 11.3 Å². The topological polar surface area (TPSA) is 154 Å². The van der Waals surface area contributed by atoms with Gasteiger partial charge in [-0.25, -0.2) is 13.1 Å². The zero-order valence-electron chi connectivity index (χ0n) is 14.8. The molecule has 26 heavy (non-hydrogen) atoms. The molecule has 0 bridgehead atoms. The standard InChI is InChI=1S/C15H25N5O4S2/c1-3-4-7-26(23,24)20-10(2)15(22)19-9-13(21)18-8-11-5-6-12(25-11)14(16)17/h5-6,10,20H,3-4,7-9H2,1-2H3,(H3,16,17)(H,18,21)(H,19,22)/t10-/m1/s1. The van der Waals surface area contributed by atoms with E-state index in [0.29, 0.717) is 11.3 Å². The number of rotatable bonds is 11. The lowest BCUT2D eigenvalue weighted by molar-refractivity contribution is -0.126. The first-order valence-electron chi connectivity index (χ1n) is 8.12. The maximum Gasteiger partial charge on any atom is 0.239 e. The highest BCUT2D eigenvalue weighted by Crippen LogP contribution is 2.15. The van der Waals surface area contributed by atoms with Gasteiger partial charge >= 0.3 is 0 Å². The molecule has 9 nitrogen and oxygen atoms in total. The van der Waals surface area contributed by atoms with E-state index < -0.39 is 27.9 Å². The predicted octanol–water partition coefficient (Wildman–Crippen LogP) is -0.127. The summed E-state index contributed by atoms with van der Waals surface area (Å²) in [7, 11) is -3.52. The van der Waals surface area contributed by atoms with Crippen LogP contribution in [0.25, 0.3) is 0 Å². The number of carbonyl (C=O) groups excluding carboxylic acids is 2. The minimum absolute atomic E-state index is 0.0322. The van der Waals surface area contributed by atoms with E-state index in [1.165, 1.54) is 18.3 Å². The number of unbranched alkanes of at least 4 members (excludes halogenated alkanes) is 1. The fourth-order valence-corrected chi connectivity index (χ4v) is 4.14. The molecule has 1 atom stereocenters. The summed E-state index contributed by atoms with van der Waals surface area (Å²) >= 11 is 1.30. The molecule has 2 amide bonds. The third-order valence-corrected chi connectivity index (χ3v) is 5.98. The molecule has 0 aromatic carbocycles. The molecule has 1 aromatic rings. The van der Waals surface area contributed by atoms with Crippen molar-refractivity contribution in [1.82, 2.24) is 15.4 Å². The van der Waals surface area contributed by atoms with Gasteiger partial charge < -0.3 is 16.4 Å². The number of nitrogens with two attached hydrogens (primary N) is 1. The molecule has 6 N–H and O–H groups in total. The van der Waals surface area contributed by atoms with E-state index >= 15 is 0 Å². The Kier molecular flexibility index (Phi) is 8.69. The Morgan fingerprint density at radius 3 is 2.58 bits per heavy atom. The Morgan fingerprint density at radius 2 is 2.00 bits per heavy atom. The molecule has 0 saturated heterocycles. The van der Waals surface area contributed by atoms with Gasteiger partial charge in [0.15, 0.2) is 0 Å². The molecule has 1 heterocycles. The van der Waals surface area contributed by atoms with Crippen molar-refractivity contribution in [3.63, 3.8) is 0 Å². The molecule has 0 aliphatic rings. The summed E-state index contributed by atoms with van der Waals surface area (Å²) in [5.41, 5.74) is 5.37. The van der Waals surface area contributed by atoms with Crippen molar-refractivity contribution in [2.45, 2.75) is 39.3 Å². The fourth-order valence-electron chi connectivity index (χ4n) is 1.90. The smallest absolute Gasteiger partial charge is 0.239 e. The summed E-state index contributed by atoms with van der Waals surface area (Å²) < 4.78 is 25.8. The van der Waals surface area contributed by atoms with Crippen LogP contribution in [0, 0.1) is 5.41 Å². The van der Waals surface area contributed by atoms with E-state index in [-0.39, 0.29) is 24.7 Å². The second-order valence-corrected chi connectivity index (χ2v) is 8.73. The molecule has 0 saturated carbocycles. The zero-order valence-corrected chi connectivity index (χ0v) is 16.4. The van der Waals surface area contributed by atoms with Crippen LogP contribution < -0.4 is 21.1 Å². The molecule has 0 aliphatic carbocycles. The normalized spacial score (nSPS) is 12.4. The second-order valence-electron chi connectivity index (χ2n) is 5.69. The Labute approximate surface area is 157 Å². The summed E-state index contributed by atoms with van der Waals surface area (Å²) in [5, 5.41) is 12.3. The van der Waals surface area contributed by atoms with Gasteiger partial charge in [-0.1, -0.05) is 13.3 Å². The first-order valence-corrected chi connectivity index (χ1v) is 10.6. The highest BCUT2D eigenvalue weighted by molar-refractivity contribution is 7.89. The summed E-state index contributed by atoms with van der Waals surface area (Å²) in [6.07, 6.45) is 1.25. The van der Waals surface area contributed by atoms with Crippen LogP contribution in [0.2, 0.25) is 0 Å². The fraction of sp³-hybridized carbons (Fsp3) is 0.533. The van der Waals surface area contributed by atoms with Gasteiger partial charge in [-0.2, -0.15) is 0 Å². The quantitative estimate of drug-likeness (QED) is 0.257. The number of hydrogen-bond donors (Lipinski definition) is 5. The molecular formula is C15H25N5O4S2. The number of carbonyl (C=O) groups is 2. The number of sulfonamides is 1. The molecule has 146 valence electrons. The lowest BCUT2D eigenvalue weighted by atomic mass is 10.3. The third kappa shape index (κ3) is 7.93. The number of amidine groups is 1. The maximum absolute atomic E-state index is 11.9. The first-order chi connectivity index (χ1) is 12.1. The third-order valence-electron chi connectivity index (χ3n) is 3.33. The number of nitrogen functional groups attached to an aromatic ring is 1. The zero-order chi connectivity index (χ0) is 19.7. The summed E-state index contributed by atoms with van der Waals surface area (Å²) in [4.78, 5) is 25.1. The van der Waals surface area contributed by atoms with Crippen LogP contribution in [-0.4, -0.2) is 44.4 Å². The van der Waals surface area contributed by atoms with Crippen molar-refractivity contribution in [3.8, 4) is 0 Å². The first kappa shape index (κ1) is 22.1. The van der Waals surface area contributed by atoms with Gasteiger partial charge in [0.1, 0.15) is 5.84 Å². The van der Waals surface area contributed by atoms with E-state index in [1.54, 1.807) is 12.1 Å². The minimum atomic E-state index is -3.52. The minimum Gasteiger partial charge on any atom is -0.383 e. The second kappa shape index (κ2) is 10.2.